The predicted molar refractivity (Wildman–Crippen MR) is 148 cm³/mol. The Morgan fingerprint density at radius 2 is 1.97 bits per heavy atom. The van der Waals surface area contributed by atoms with Gasteiger partial charge in [0, 0.05) is 35.4 Å². The lowest BCUT2D eigenvalue weighted by Crippen LogP contribution is -2.70. The van der Waals surface area contributed by atoms with Gasteiger partial charge in [-0.3, -0.25) is 19.3 Å². The molecule has 3 amide bonds. The molecule has 4 aliphatic heterocycles. The summed E-state index contributed by atoms with van der Waals surface area (Å²) in [6.07, 6.45) is 3.06. The average Bonchev–Trinajstić information content (AvgIpc) is 3.53. The zero-order chi connectivity index (χ0) is 27.1. The number of carboxylic acids is 1. The Balaban J connectivity index is 1.25. The third-order valence-electron chi connectivity index (χ3n) is 6.83. The van der Waals surface area contributed by atoms with E-state index >= 15 is 0 Å². The maximum absolute atomic E-state index is 13.0. The molecule has 5 rings (SSSR count). The molecule has 3 unspecified atom stereocenters. The highest BCUT2D eigenvalue weighted by atomic mass is 35.5. The molecule has 0 spiro atoms. The van der Waals surface area contributed by atoms with Crippen LogP contribution in [-0.2, 0) is 19.2 Å². The number of nitrogens with zero attached hydrogens (tertiary/aromatic N) is 2. The van der Waals surface area contributed by atoms with E-state index in [2.05, 4.69) is 10.6 Å². The largest absolute Gasteiger partial charge is 0.477 e. The number of benzene rings is 1. The number of carbonyl (C=O) groups excluding carboxylic acids is 3. The number of rotatable bonds is 7. The molecule has 3 saturated heterocycles. The third kappa shape index (κ3) is 5.29. The van der Waals surface area contributed by atoms with E-state index in [0.29, 0.717) is 49.8 Å². The van der Waals surface area contributed by atoms with Crippen LogP contribution in [0, 0.1) is 0 Å². The van der Waals surface area contributed by atoms with Crippen molar-refractivity contribution < 1.29 is 24.3 Å². The normalized spacial score (nSPS) is 26.2. The number of carbonyl (C=O) groups is 4. The SMILES string of the molecule is O=C(CSc1cc(Cl)c(Cl)cc1Cl)NC1C(=O)N2C(C(=O)O)=C(C=C3CCN(C4CCNC4)C3=O)CSC12. The van der Waals surface area contributed by atoms with Crippen LogP contribution in [0.1, 0.15) is 12.8 Å². The summed E-state index contributed by atoms with van der Waals surface area (Å²) < 4.78 is 0. The number of nitrogens with one attached hydrogen (secondary N) is 2. The first-order chi connectivity index (χ1) is 18.2. The number of hydrogen-bond donors (Lipinski definition) is 3. The fraction of sp³-hybridized carbons (Fsp3) is 0.417. The molecular weight excluding hydrogens is 595 g/mol. The summed E-state index contributed by atoms with van der Waals surface area (Å²) in [5.41, 5.74) is 0.847. The molecule has 3 atom stereocenters. The average molecular weight is 618 g/mol. The summed E-state index contributed by atoms with van der Waals surface area (Å²) in [4.78, 5) is 54.3. The first kappa shape index (κ1) is 27.7. The van der Waals surface area contributed by atoms with Crippen molar-refractivity contribution >= 4 is 82.0 Å². The highest BCUT2D eigenvalue weighted by molar-refractivity contribution is 8.00. The van der Waals surface area contributed by atoms with Gasteiger partial charge in [0.1, 0.15) is 17.1 Å². The number of β-lactam (4-membered cyclic amide) rings is 1. The molecule has 3 N–H and O–H groups in total. The maximum Gasteiger partial charge on any atom is 0.352 e. The molecular formula is C24H23Cl3N4O5S2. The van der Waals surface area contributed by atoms with Gasteiger partial charge in [0.15, 0.2) is 0 Å². The standard InChI is InChI=1S/C24H23Cl3N4O5S2/c25-14-6-16(27)17(7-15(14)26)37-10-18(32)29-19-22(34)31-20(24(35)36)12(9-38-23(19)31)5-11-2-4-30(21(11)33)13-1-3-28-8-13/h5-7,13,19,23,28H,1-4,8-10H2,(H,29,32)(H,35,36). The number of allylic oxidation sites excluding steroid dienone is 1. The van der Waals surface area contributed by atoms with Gasteiger partial charge in [0.25, 0.3) is 5.91 Å². The van der Waals surface area contributed by atoms with Gasteiger partial charge in [-0.05, 0) is 43.2 Å². The van der Waals surface area contributed by atoms with E-state index in [1.165, 1.54) is 22.7 Å². The third-order valence-corrected chi connectivity index (χ3v) is 10.3. The fourth-order valence-corrected chi connectivity index (χ4v) is 7.81. The summed E-state index contributed by atoms with van der Waals surface area (Å²) >= 11 is 20.6. The number of thioether (sulfide) groups is 2. The van der Waals surface area contributed by atoms with E-state index in [9.17, 15) is 24.3 Å². The number of hydrogen-bond acceptors (Lipinski definition) is 7. The molecule has 0 radical (unpaired) electrons. The lowest BCUT2D eigenvalue weighted by atomic mass is 10.0. The highest BCUT2D eigenvalue weighted by Crippen LogP contribution is 2.41. The minimum atomic E-state index is -1.24. The summed E-state index contributed by atoms with van der Waals surface area (Å²) in [6, 6.07) is 2.36. The first-order valence-electron chi connectivity index (χ1n) is 11.9. The monoisotopic (exact) mass is 616 g/mol. The Hall–Kier alpha value is -1.89. The summed E-state index contributed by atoms with van der Waals surface area (Å²) in [7, 11) is 0. The Labute approximate surface area is 242 Å². The van der Waals surface area contributed by atoms with Crippen molar-refractivity contribution in [1.29, 1.82) is 0 Å². The van der Waals surface area contributed by atoms with E-state index in [1.807, 2.05) is 4.90 Å². The minimum Gasteiger partial charge on any atom is -0.477 e. The zero-order valence-corrected chi connectivity index (χ0v) is 23.7. The van der Waals surface area contributed by atoms with E-state index < -0.39 is 29.2 Å². The molecule has 3 fully saturated rings. The lowest BCUT2D eigenvalue weighted by Gasteiger charge is -2.49. The molecule has 14 heteroatoms. The van der Waals surface area contributed by atoms with Crippen LogP contribution in [0.2, 0.25) is 15.1 Å². The van der Waals surface area contributed by atoms with Crippen molar-refractivity contribution in [2.24, 2.45) is 0 Å². The maximum atomic E-state index is 13.0. The number of carboxylic acid groups (broad SMARTS) is 1. The van der Waals surface area contributed by atoms with Crippen LogP contribution in [0.15, 0.2) is 39.9 Å². The zero-order valence-electron chi connectivity index (χ0n) is 19.8. The van der Waals surface area contributed by atoms with Gasteiger partial charge in [-0.25, -0.2) is 4.79 Å². The van der Waals surface area contributed by atoms with Crippen molar-refractivity contribution in [3.05, 3.63) is 50.1 Å². The molecule has 4 heterocycles. The number of fused-ring (bicyclic) bond motifs is 1. The van der Waals surface area contributed by atoms with Crippen molar-refractivity contribution in [3.63, 3.8) is 0 Å². The van der Waals surface area contributed by atoms with Gasteiger partial charge in [-0.2, -0.15) is 0 Å². The van der Waals surface area contributed by atoms with Crippen LogP contribution in [0.3, 0.4) is 0 Å². The van der Waals surface area contributed by atoms with Gasteiger partial charge in [-0.15, -0.1) is 23.5 Å². The molecule has 0 aromatic heterocycles. The van der Waals surface area contributed by atoms with Crippen LogP contribution < -0.4 is 10.6 Å². The number of aliphatic carboxylic acids is 1. The van der Waals surface area contributed by atoms with Gasteiger partial charge in [0.05, 0.1) is 20.8 Å². The number of halogens is 3. The van der Waals surface area contributed by atoms with Crippen LogP contribution >= 0.6 is 58.3 Å². The van der Waals surface area contributed by atoms with Gasteiger partial charge >= 0.3 is 5.97 Å². The summed E-state index contributed by atoms with van der Waals surface area (Å²) in [5, 5.41) is 16.3. The van der Waals surface area contributed by atoms with Gasteiger partial charge in [-0.1, -0.05) is 34.8 Å². The molecule has 9 nitrogen and oxygen atoms in total. The smallest absolute Gasteiger partial charge is 0.352 e. The van der Waals surface area contributed by atoms with E-state index in [1.54, 1.807) is 12.1 Å². The Kier molecular flexibility index (Phi) is 8.23. The van der Waals surface area contributed by atoms with Gasteiger partial charge in [0.2, 0.25) is 11.8 Å². The highest BCUT2D eigenvalue weighted by Gasteiger charge is 2.54. The van der Waals surface area contributed by atoms with Crippen LogP contribution in [-0.4, -0.2) is 87.2 Å². The fourth-order valence-electron chi connectivity index (χ4n) is 4.96. The van der Waals surface area contributed by atoms with Crippen molar-refractivity contribution in [1.82, 2.24) is 20.4 Å². The summed E-state index contributed by atoms with van der Waals surface area (Å²) in [6.45, 7) is 2.23. The molecule has 0 saturated carbocycles. The molecule has 1 aromatic rings. The van der Waals surface area contributed by atoms with Crippen molar-refractivity contribution in [2.75, 3.05) is 31.1 Å². The lowest BCUT2D eigenvalue weighted by molar-refractivity contribution is -0.150. The predicted octanol–water partition coefficient (Wildman–Crippen LogP) is 3.00. The van der Waals surface area contributed by atoms with E-state index in [-0.39, 0.29) is 23.4 Å². The van der Waals surface area contributed by atoms with Crippen molar-refractivity contribution in [2.45, 2.75) is 35.2 Å². The molecule has 4 aliphatic rings. The second-order valence-electron chi connectivity index (χ2n) is 9.18. The van der Waals surface area contributed by atoms with Crippen LogP contribution in [0.25, 0.3) is 0 Å². The summed E-state index contributed by atoms with van der Waals surface area (Å²) in [5.74, 6) is -1.94. The van der Waals surface area contributed by atoms with Crippen molar-refractivity contribution in [3.8, 4) is 0 Å². The first-order valence-corrected chi connectivity index (χ1v) is 15.0. The Morgan fingerprint density at radius 3 is 2.68 bits per heavy atom. The molecule has 38 heavy (non-hydrogen) atoms. The molecule has 1 aromatic carbocycles. The number of amides is 3. The van der Waals surface area contributed by atoms with E-state index in [0.717, 1.165) is 31.3 Å². The second kappa shape index (κ2) is 11.3. The Morgan fingerprint density at radius 1 is 1.21 bits per heavy atom. The van der Waals surface area contributed by atoms with Crippen LogP contribution in [0.5, 0.6) is 0 Å². The quantitative estimate of drug-likeness (QED) is 0.185. The van der Waals surface area contributed by atoms with E-state index in [4.69, 9.17) is 34.8 Å². The second-order valence-corrected chi connectivity index (χ2v) is 12.5. The minimum absolute atomic E-state index is 0.0209. The molecule has 0 bridgehead atoms. The van der Waals surface area contributed by atoms with Crippen LogP contribution in [0.4, 0.5) is 0 Å². The molecule has 202 valence electrons. The number of likely N-dealkylation sites (tertiary alicyclic amines) is 1. The van der Waals surface area contributed by atoms with Gasteiger partial charge < -0.3 is 20.6 Å². The Bertz CT molecular complexity index is 1280. The molecule has 0 aliphatic carbocycles. The topological polar surface area (TPSA) is 119 Å².